The maximum atomic E-state index is 11.4. The first-order valence-electron chi connectivity index (χ1n) is 6.89. The van der Waals surface area contributed by atoms with Gasteiger partial charge >= 0.3 is 0 Å². The van der Waals surface area contributed by atoms with Crippen molar-refractivity contribution in [1.29, 1.82) is 0 Å². The van der Waals surface area contributed by atoms with Crippen molar-refractivity contribution in [1.82, 2.24) is 4.90 Å². The summed E-state index contributed by atoms with van der Waals surface area (Å²) in [4.78, 5) is 15.1. The Hall–Kier alpha value is -1.00. The monoisotopic (exact) mass is 277 g/mol. The van der Waals surface area contributed by atoms with Crippen LogP contribution in [0.2, 0.25) is 0 Å². The molecule has 102 valence electrons. The largest absolute Gasteiger partial charge is 0.376 e. The Morgan fingerprint density at radius 1 is 1.63 bits per heavy atom. The van der Waals surface area contributed by atoms with Gasteiger partial charge in [0.05, 0.1) is 17.2 Å². The topological polar surface area (TPSA) is 29.5 Å². The molecule has 1 aliphatic carbocycles. The average Bonchev–Trinajstić information content (AvgIpc) is 2.99. The Kier molecular flexibility index (Phi) is 3.80. The van der Waals surface area contributed by atoms with Crippen molar-refractivity contribution in [3.05, 3.63) is 34.2 Å². The van der Waals surface area contributed by atoms with Gasteiger partial charge in [0.25, 0.3) is 0 Å². The van der Waals surface area contributed by atoms with E-state index in [2.05, 4.69) is 23.1 Å². The van der Waals surface area contributed by atoms with E-state index in [1.807, 2.05) is 0 Å². The zero-order valence-corrected chi connectivity index (χ0v) is 12.0. The van der Waals surface area contributed by atoms with Gasteiger partial charge in [0.2, 0.25) is 0 Å². The second kappa shape index (κ2) is 5.55. The fraction of sp³-hybridized carbons (Fsp3) is 0.533. The Balaban J connectivity index is 1.81. The SMILES string of the molecule is CC(=O)C=C1SC2=CC=CCC2N1CC1CCCO1. The summed E-state index contributed by atoms with van der Waals surface area (Å²) in [7, 11) is 0. The van der Waals surface area contributed by atoms with Crippen molar-refractivity contribution in [2.45, 2.75) is 38.3 Å². The Morgan fingerprint density at radius 3 is 3.26 bits per heavy atom. The molecule has 0 N–H and O–H groups in total. The lowest BCUT2D eigenvalue weighted by atomic mass is 10.1. The number of carbonyl (C=O) groups excluding carboxylic acids is 1. The minimum Gasteiger partial charge on any atom is -0.376 e. The molecule has 3 nitrogen and oxygen atoms in total. The second-order valence-corrected chi connectivity index (χ2v) is 6.33. The van der Waals surface area contributed by atoms with Crippen molar-refractivity contribution in [2.75, 3.05) is 13.2 Å². The van der Waals surface area contributed by atoms with Gasteiger partial charge in [-0.3, -0.25) is 4.79 Å². The molecule has 0 radical (unpaired) electrons. The van der Waals surface area contributed by atoms with Crippen molar-refractivity contribution in [3.8, 4) is 0 Å². The minimum absolute atomic E-state index is 0.118. The highest BCUT2D eigenvalue weighted by Crippen LogP contribution is 2.45. The maximum absolute atomic E-state index is 11.4. The number of carbonyl (C=O) groups is 1. The summed E-state index contributed by atoms with van der Waals surface area (Å²) < 4.78 is 5.75. The van der Waals surface area contributed by atoms with Crippen molar-refractivity contribution < 1.29 is 9.53 Å². The molecule has 4 heteroatoms. The average molecular weight is 277 g/mol. The summed E-state index contributed by atoms with van der Waals surface area (Å²) >= 11 is 1.73. The summed E-state index contributed by atoms with van der Waals surface area (Å²) in [5.41, 5.74) is 0. The van der Waals surface area contributed by atoms with Crippen LogP contribution < -0.4 is 0 Å². The van der Waals surface area contributed by atoms with E-state index >= 15 is 0 Å². The predicted molar refractivity (Wildman–Crippen MR) is 77.7 cm³/mol. The van der Waals surface area contributed by atoms with E-state index in [1.54, 1.807) is 24.8 Å². The van der Waals surface area contributed by atoms with Gasteiger partial charge in [-0.1, -0.05) is 30.0 Å². The molecule has 19 heavy (non-hydrogen) atoms. The van der Waals surface area contributed by atoms with E-state index in [0.717, 1.165) is 37.4 Å². The summed E-state index contributed by atoms with van der Waals surface area (Å²) in [5.74, 6) is 0.118. The third kappa shape index (κ3) is 2.79. The normalized spacial score (nSPS) is 31.7. The van der Waals surface area contributed by atoms with Gasteiger partial charge in [0, 0.05) is 24.1 Å². The Morgan fingerprint density at radius 2 is 2.53 bits per heavy atom. The molecule has 0 saturated carbocycles. The molecular formula is C15H19NO2S. The van der Waals surface area contributed by atoms with Crippen molar-refractivity contribution in [3.63, 3.8) is 0 Å². The fourth-order valence-electron chi connectivity index (χ4n) is 2.82. The van der Waals surface area contributed by atoms with E-state index in [0.29, 0.717) is 12.1 Å². The number of thioether (sulfide) groups is 1. The standard InChI is InChI=1S/C15H19NO2S/c1-11(17)9-15-16(10-12-5-4-8-18-12)13-6-2-3-7-14(13)19-15/h2-3,7,9,12-13H,4-6,8,10H2,1H3. The molecule has 0 amide bonds. The number of nitrogens with zero attached hydrogens (tertiary/aromatic N) is 1. The zero-order valence-electron chi connectivity index (χ0n) is 11.2. The number of hydrogen-bond donors (Lipinski definition) is 0. The van der Waals surface area contributed by atoms with Crippen LogP contribution in [0.25, 0.3) is 0 Å². The van der Waals surface area contributed by atoms with Crippen LogP contribution in [0.15, 0.2) is 34.2 Å². The van der Waals surface area contributed by atoms with Gasteiger partial charge in [0.1, 0.15) is 0 Å². The number of allylic oxidation sites excluding steroid dienone is 3. The van der Waals surface area contributed by atoms with Crippen LogP contribution in [0.4, 0.5) is 0 Å². The number of hydrogen-bond acceptors (Lipinski definition) is 4. The van der Waals surface area contributed by atoms with Crippen LogP contribution in [0.1, 0.15) is 26.2 Å². The first kappa shape index (κ1) is 13.0. The molecule has 2 heterocycles. The van der Waals surface area contributed by atoms with Crippen molar-refractivity contribution >= 4 is 17.5 Å². The van der Waals surface area contributed by atoms with Crippen LogP contribution in [0.5, 0.6) is 0 Å². The number of rotatable bonds is 3. The van der Waals surface area contributed by atoms with Crippen LogP contribution in [-0.4, -0.2) is 36.0 Å². The molecule has 2 atom stereocenters. The lowest BCUT2D eigenvalue weighted by molar-refractivity contribution is -0.112. The lowest BCUT2D eigenvalue weighted by Gasteiger charge is -2.29. The molecule has 0 aromatic rings. The minimum atomic E-state index is 0.118. The number of ketones is 1. The predicted octanol–water partition coefficient (Wildman–Crippen LogP) is 2.86. The maximum Gasteiger partial charge on any atom is 0.155 e. The molecule has 2 saturated heterocycles. The molecule has 0 aromatic carbocycles. The summed E-state index contributed by atoms with van der Waals surface area (Å²) in [5, 5.41) is 1.09. The Labute approximate surface area is 118 Å². The smallest absolute Gasteiger partial charge is 0.155 e. The lowest BCUT2D eigenvalue weighted by Crippen LogP contribution is -2.36. The van der Waals surface area contributed by atoms with Gasteiger partial charge in [0.15, 0.2) is 5.78 Å². The van der Waals surface area contributed by atoms with Gasteiger partial charge in [-0.05, 0) is 26.2 Å². The molecule has 0 aromatic heterocycles. The molecule has 2 aliphatic heterocycles. The quantitative estimate of drug-likeness (QED) is 0.742. The fourth-order valence-corrected chi connectivity index (χ4v) is 4.12. The molecule has 2 fully saturated rings. The van der Waals surface area contributed by atoms with Gasteiger partial charge in [-0.25, -0.2) is 0 Å². The molecule has 0 spiro atoms. The second-order valence-electron chi connectivity index (χ2n) is 5.23. The summed E-state index contributed by atoms with van der Waals surface area (Å²) in [6, 6.07) is 0.407. The highest BCUT2D eigenvalue weighted by atomic mass is 32.2. The van der Waals surface area contributed by atoms with E-state index in [4.69, 9.17) is 4.74 Å². The highest BCUT2D eigenvalue weighted by Gasteiger charge is 2.35. The molecule has 2 unspecified atom stereocenters. The molecule has 0 bridgehead atoms. The van der Waals surface area contributed by atoms with Crippen LogP contribution in [-0.2, 0) is 9.53 Å². The summed E-state index contributed by atoms with van der Waals surface area (Å²) in [6.07, 6.45) is 11.9. The molecule has 3 aliphatic rings. The van der Waals surface area contributed by atoms with Crippen molar-refractivity contribution in [2.24, 2.45) is 0 Å². The third-order valence-corrected chi connectivity index (χ3v) is 4.92. The third-order valence-electron chi connectivity index (χ3n) is 3.72. The van der Waals surface area contributed by atoms with E-state index in [-0.39, 0.29) is 5.78 Å². The first-order chi connectivity index (χ1) is 9.24. The zero-order chi connectivity index (χ0) is 13.2. The van der Waals surface area contributed by atoms with Crippen LogP contribution >= 0.6 is 11.8 Å². The van der Waals surface area contributed by atoms with Crippen LogP contribution in [0.3, 0.4) is 0 Å². The van der Waals surface area contributed by atoms with Gasteiger partial charge < -0.3 is 9.64 Å². The van der Waals surface area contributed by atoms with E-state index < -0.39 is 0 Å². The van der Waals surface area contributed by atoms with Gasteiger partial charge in [-0.15, -0.1) is 0 Å². The highest BCUT2D eigenvalue weighted by molar-refractivity contribution is 8.07. The number of ether oxygens (including phenoxy) is 1. The van der Waals surface area contributed by atoms with Crippen LogP contribution in [0, 0.1) is 0 Å². The molecule has 3 rings (SSSR count). The Bertz CT molecular complexity index is 461. The first-order valence-corrected chi connectivity index (χ1v) is 7.71. The number of fused-ring (bicyclic) bond motifs is 1. The van der Waals surface area contributed by atoms with E-state index in [1.165, 1.54) is 4.91 Å². The van der Waals surface area contributed by atoms with Gasteiger partial charge in [-0.2, -0.15) is 0 Å². The van der Waals surface area contributed by atoms with E-state index in [9.17, 15) is 4.79 Å². The summed E-state index contributed by atoms with van der Waals surface area (Å²) in [6.45, 7) is 3.40. The molecular weight excluding hydrogens is 258 g/mol.